The van der Waals surface area contributed by atoms with Gasteiger partial charge in [-0.05, 0) is 369 Å². The van der Waals surface area contributed by atoms with Crippen molar-refractivity contribution < 1.29 is 77.9 Å². The quantitative estimate of drug-likeness (QED) is 0.0662. The fourth-order valence-corrected chi connectivity index (χ4v) is 31.1. The van der Waals surface area contributed by atoms with Crippen LogP contribution in [0.15, 0.2) is 153 Å². The zero-order valence-electron chi connectivity index (χ0n) is 82.7. The third-order valence-electron chi connectivity index (χ3n) is 32.8. The van der Waals surface area contributed by atoms with Crippen LogP contribution in [0.5, 0.6) is 0 Å². The van der Waals surface area contributed by atoms with E-state index in [9.17, 15) is 54.4 Å². The Balaban J connectivity index is 0.000000133. The molecule has 776 valence electrons. The molecule has 7 aliphatic heterocycles. The average Bonchev–Trinajstić information content (AvgIpc) is 1.55. The monoisotopic (exact) mass is 2530 g/mol. The molecule has 0 saturated carbocycles. The van der Waals surface area contributed by atoms with Crippen molar-refractivity contribution in [3.63, 3.8) is 0 Å². The zero-order valence-corrected chi connectivity index (χ0v) is 97.6. The van der Waals surface area contributed by atoms with E-state index < -0.39 is 0 Å². The standard InChI is InChI=1S/2C28H33Br2ClN3O3.C28H33BrCl2N3O3.C27H28Br2ClN3O2/c2*1-17(35)32-8-4-18(5-9-32)12-25(36)33-10-6-19(7-11-33)27-26-20(14-23(31)15-24(26)30)2-3-21-13-22(29)16-34(37)28(21)27;1-17(35)32-8-4-18(5-9-32)12-25(36)33-10-6-19(7-11-33)27-26-20(14-23(30)15-24(26)31)2-3-21-13-22(29)16-34(37)28(21)27;1-31-8-4-17(5-9-31)12-24(34)32-10-6-18(7-11-32)26-25-19(14-22(30)15-23(25)29)2-3-20-13-21(28)16-33(35)27(20)26/h3*13-16,18-19,27,37H,2-12H2,1H3;4-5,8-9,13-16,18,26,35H,2-3,6-7,10-12H2,1H3/q3*+1;+2. The van der Waals surface area contributed by atoms with Gasteiger partial charge in [-0.1, -0.05) is 106 Å². The number of fused-ring (bicyclic) bond motifs is 8. The first kappa shape index (κ1) is 110. The van der Waals surface area contributed by atoms with Gasteiger partial charge in [0.2, 0.25) is 88.9 Å². The van der Waals surface area contributed by atoms with E-state index in [1.165, 1.54) is 52.3 Å². The summed E-state index contributed by atoms with van der Waals surface area (Å²) in [4.78, 5) is 101. The van der Waals surface area contributed by atoms with Crippen molar-refractivity contribution >= 4 is 211 Å². The highest BCUT2D eigenvalue weighted by molar-refractivity contribution is 9.11. The summed E-state index contributed by atoms with van der Waals surface area (Å²) in [6, 6.07) is 28.3. The van der Waals surface area contributed by atoms with Crippen molar-refractivity contribution in [2.45, 2.75) is 211 Å². The number of carbonyl (C=O) groups excluding carboxylic acids is 7. The molecule has 0 radical (unpaired) electrons. The molecule has 9 aromatic rings. The fourth-order valence-electron chi connectivity index (χ4n) is 25.2. The third kappa shape index (κ3) is 25.8. The van der Waals surface area contributed by atoms with E-state index in [0.717, 1.165) is 313 Å². The number of halogens is 12. The van der Waals surface area contributed by atoms with E-state index >= 15 is 0 Å². The molecular formula is C111H127Br7Cl5N12O11+5. The Morgan fingerprint density at radius 2 is 0.527 bits per heavy atom. The van der Waals surface area contributed by atoms with Gasteiger partial charge in [-0.15, -0.1) is 0 Å². The Bertz CT molecular complexity index is 5730. The van der Waals surface area contributed by atoms with Gasteiger partial charge in [0.05, 0.1) is 48.0 Å². The van der Waals surface area contributed by atoms with Gasteiger partial charge >= 0.3 is 0 Å². The Morgan fingerprint density at radius 3 is 0.788 bits per heavy atom. The normalized spacial score (nSPS) is 20.2. The molecule has 4 atom stereocenters. The Kier molecular flexibility index (Phi) is 36.9. The van der Waals surface area contributed by atoms with Crippen LogP contribution in [0.25, 0.3) is 0 Å². The number of amides is 7. The van der Waals surface area contributed by atoms with Crippen molar-refractivity contribution in [3.05, 3.63) is 274 Å². The van der Waals surface area contributed by atoms with Crippen molar-refractivity contribution in [2.75, 3.05) is 91.6 Å². The molecule has 35 heteroatoms. The third-order valence-corrected chi connectivity index (χ3v) is 37.6. The van der Waals surface area contributed by atoms with Crippen LogP contribution in [0.3, 0.4) is 0 Å². The molecule has 7 saturated heterocycles. The molecule has 12 heterocycles. The SMILES string of the molecule is CC(=O)N1CCC(CC(=O)N2CCC(C3c4c(Br)cc(Cl)cc4CCc4cc(Br)c[n+](O)c43)CC2)CC1.CC(=O)N1CCC(CC(=O)N2CCC(C3c4c(Br)cc(Cl)cc4CCc4cc(Br)c[n+](O)c43)CC2)CC1.CC(=O)N1CCC(CC(=O)N2CCC(C3c4c(Cl)cc(Cl)cc4CCc4cc(Br)c[n+](O)c43)CC2)CC1.C[n+]1ccc(CC(=O)N2CCC(C3c4c(Br)cc(Cl)cc4CCc4cc(Br)c[n+](O)c43)CC2)cc1. The van der Waals surface area contributed by atoms with E-state index in [1.54, 1.807) is 51.6 Å². The van der Waals surface area contributed by atoms with Crippen molar-refractivity contribution in [3.8, 4) is 0 Å². The molecule has 7 amide bonds. The molecule has 7 fully saturated rings. The van der Waals surface area contributed by atoms with Gasteiger partial charge in [-0.3, -0.25) is 54.4 Å². The van der Waals surface area contributed by atoms with Crippen LogP contribution in [-0.2, 0) is 98.4 Å². The van der Waals surface area contributed by atoms with E-state index in [0.29, 0.717) is 87.6 Å². The number of rotatable bonds is 12. The highest BCUT2D eigenvalue weighted by atomic mass is 79.9. The highest BCUT2D eigenvalue weighted by Crippen LogP contribution is 2.52. The largest absolute Gasteiger partial charge is 0.343 e. The molecule has 20 rings (SSSR count). The lowest BCUT2D eigenvalue weighted by Gasteiger charge is -2.37. The Labute approximate surface area is 939 Å². The molecular weight excluding hydrogens is 2410 g/mol. The lowest BCUT2D eigenvalue weighted by atomic mass is 9.76. The van der Waals surface area contributed by atoms with Gasteiger partial charge in [-0.2, -0.15) is 0 Å². The molecule has 0 spiro atoms. The summed E-state index contributed by atoms with van der Waals surface area (Å²) in [6.07, 6.45) is 31.9. The number of piperidine rings is 7. The Morgan fingerprint density at radius 1 is 0.301 bits per heavy atom. The summed E-state index contributed by atoms with van der Waals surface area (Å²) in [7, 11) is 1.97. The molecule has 4 N–H and O–H groups in total. The fraction of sp³-hybridized carbons (Fsp3) is 0.495. The molecule has 4 aliphatic carbocycles. The Hall–Kier alpha value is -7.07. The van der Waals surface area contributed by atoms with Crippen LogP contribution >= 0.6 is 170 Å². The average molecular weight is 2540 g/mol. The summed E-state index contributed by atoms with van der Waals surface area (Å²) in [5, 5.41) is 47.6. The van der Waals surface area contributed by atoms with Crippen molar-refractivity contribution in [1.82, 2.24) is 34.3 Å². The van der Waals surface area contributed by atoms with Crippen LogP contribution in [0.4, 0.5) is 0 Å². The molecule has 4 aromatic carbocycles. The number of aryl methyl sites for hydroxylation is 9. The van der Waals surface area contributed by atoms with Crippen LogP contribution in [0.2, 0.25) is 25.1 Å². The summed E-state index contributed by atoms with van der Waals surface area (Å²) in [6.45, 7) is 15.1. The maximum absolute atomic E-state index is 13.2. The number of carbonyl (C=O) groups is 7. The minimum Gasteiger partial charge on any atom is -0.343 e. The van der Waals surface area contributed by atoms with Gasteiger partial charge in [0.15, 0.2) is 12.4 Å². The van der Waals surface area contributed by atoms with E-state index in [-0.39, 0.29) is 82.8 Å². The van der Waals surface area contributed by atoms with Crippen LogP contribution in [0, 0.1) is 41.4 Å². The second kappa shape index (κ2) is 48.9. The van der Waals surface area contributed by atoms with Gasteiger partial charge < -0.3 is 34.3 Å². The number of nitrogens with zero attached hydrogens (tertiary/aromatic N) is 12. The predicted octanol–water partition coefficient (Wildman–Crippen LogP) is 21.3. The maximum atomic E-state index is 13.2. The second-order valence-corrected chi connectivity index (χ2v) is 50.2. The lowest BCUT2D eigenvalue weighted by molar-refractivity contribution is -0.911. The summed E-state index contributed by atoms with van der Waals surface area (Å²) >= 11 is 58.1. The molecule has 146 heavy (non-hydrogen) atoms. The first-order valence-electron chi connectivity index (χ1n) is 51.4. The molecule has 0 bridgehead atoms. The van der Waals surface area contributed by atoms with Crippen LogP contribution < -0.4 is 23.5 Å². The van der Waals surface area contributed by atoms with Gasteiger partial charge in [0.1, 0.15) is 7.05 Å². The van der Waals surface area contributed by atoms with E-state index in [4.69, 9.17) is 58.0 Å². The van der Waals surface area contributed by atoms with E-state index in [2.05, 4.69) is 154 Å². The smallest absolute Gasteiger partial charge is 0.245 e. The van der Waals surface area contributed by atoms with Crippen LogP contribution in [0.1, 0.15) is 249 Å². The number of likely N-dealkylation sites (tertiary alicyclic amines) is 7. The zero-order chi connectivity index (χ0) is 103. The minimum atomic E-state index is -0.0801. The summed E-state index contributed by atoms with van der Waals surface area (Å²) in [5.41, 5.74) is 18.7. The number of aromatic nitrogens is 5. The second-order valence-electron chi connectivity index (χ2n) is 41.8. The number of pyridine rings is 5. The first-order chi connectivity index (χ1) is 69.9. The molecule has 23 nitrogen and oxygen atoms in total. The highest BCUT2D eigenvalue weighted by Gasteiger charge is 2.49. The molecule has 11 aliphatic rings. The predicted molar refractivity (Wildman–Crippen MR) is 584 cm³/mol. The number of hydrogen-bond acceptors (Lipinski definition) is 11. The molecule has 5 aromatic heterocycles. The maximum Gasteiger partial charge on any atom is 0.245 e. The van der Waals surface area contributed by atoms with Gasteiger partial charge in [-0.25, -0.2) is 4.57 Å². The van der Waals surface area contributed by atoms with Gasteiger partial charge in [0.25, 0.3) is 0 Å². The summed E-state index contributed by atoms with van der Waals surface area (Å²) < 4.78 is 13.5. The first-order valence-corrected chi connectivity index (χ1v) is 58.8. The topological polar surface area (TPSA) is 242 Å². The van der Waals surface area contributed by atoms with E-state index in [1.807, 2.05) is 94.7 Å². The van der Waals surface area contributed by atoms with Crippen molar-refractivity contribution in [1.29, 1.82) is 0 Å². The molecule has 4 unspecified atom stereocenters. The summed E-state index contributed by atoms with van der Waals surface area (Å²) in [5.74, 6) is 3.32. The lowest BCUT2D eigenvalue weighted by Crippen LogP contribution is -2.44. The van der Waals surface area contributed by atoms with Crippen molar-refractivity contribution in [2.24, 2.45) is 48.5 Å². The van der Waals surface area contributed by atoms with Crippen LogP contribution in [-0.4, -0.2) is 188 Å². The minimum absolute atomic E-state index is 0.00500. The van der Waals surface area contributed by atoms with Gasteiger partial charge in [0, 0.05) is 223 Å². The number of hydrogen-bond donors (Lipinski definition) is 4. The number of benzene rings is 4.